The molecule has 1 aliphatic heterocycles. The minimum atomic E-state index is -0.401. The first-order valence-electron chi connectivity index (χ1n) is 7.34. The van der Waals surface area contributed by atoms with Crippen LogP contribution in [0.3, 0.4) is 0 Å². The van der Waals surface area contributed by atoms with Crippen LogP contribution in [0, 0.1) is 12.7 Å². The van der Waals surface area contributed by atoms with Gasteiger partial charge >= 0.3 is 6.03 Å². The highest BCUT2D eigenvalue weighted by Gasteiger charge is 2.20. The van der Waals surface area contributed by atoms with Crippen LogP contribution < -0.4 is 5.32 Å². The van der Waals surface area contributed by atoms with E-state index in [1.165, 1.54) is 35.0 Å². The van der Waals surface area contributed by atoms with E-state index < -0.39 is 5.82 Å². The van der Waals surface area contributed by atoms with Gasteiger partial charge in [-0.25, -0.2) is 9.18 Å². The van der Waals surface area contributed by atoms with E-state index in [9.17, 15) is 9.18 Å². The quantitative estimate of drug-likeness (QED) is 0.927. The van der Waals surface area contributed by atoms with Crippen molar-refractivity contribution in [3.8, 4) is 0 Å². The van der Waals surface area contributed by atoms with E-state index in [4.69, 9.17) is 0 Å². The Kier molecular flexibility index (Phi) is 4.04. The number of benzene rings is 1. The first kappa shape index (κ1) is 14.5. The van der Waals surface area contributed by atoms with Gasteiger partial charge in [0, 0.05) is 19.3 Å². The summed E-state index contributed by atoms with van der Waals surface area (Å²) in [5, 5.41) is 2.74. The first-order valence-corrected chi connectivity index (χ1v) is 7.34. The van der Waals surface area contributed by atoms with Crippen LogP contribution in [0.5, 0.6) is 0 Å². The second-order valence-electron chi connectivity index (χ2n) is 5.53. The molecule has 0 spiro atoms. The second kappa shape index (κ2) is 6.13. The number of nitrogens with zero attached hydrogens (tertiary/aromatic N) is 2. The monoisotopic (exact) mass is 299 g/mol. The van der Waals surface area contributed by atoms with Crippen LogP contribution in [0.15, 0.2) is 36.5 Å². The highest BCUT2D eigenvalue weighted by molar-refractivity contribution is 5.74. The van der Waals surface area contributed by atoms with Crippen molar-refractivity contribution >= 4 is 6.03 Å². The van der Waals surface area contributed by atoms with Gasteiger partial charge in [0.15, 0.2) is 0 Å². The van der Waals surface area contributed by atoms with E-state index >= 15 is 0 Å². The molecule has 0 saturated heterocycles. The highest BCUT2D eigenvalue weighted by atomic mass is 19.1. The number of fused-ring (bicyclic) bond motifs is 1. The van der Waals surface area contributed by atoms with Crippen molar-refractivity contribution in [2.75, 3.05) is 6.54 Å². The van der Waals surface area contributed by atoms with Crippen molar-refractivity contribution < 1.29 is 9.18 Å². The summed E-state index contributed by atoms with van der Waals surface area (Å²) in [6.45, 7) is 3.43. The summed E-state index contributed by atoms with van der Waals surface area (Å²) < 4.78 is 13.5. The molecule has 2 aromatic rings. The Labute approximate surface area is 129 Å². The number of halogens is 1. The maximum Gasteiger partial charge on any atom is 0.318 e. The number of rotatable bonds is 2. The van der Waals surface area contributed by atoms with Crippen LogP contribution in [0.2, 0.25) is 0 Å². The normalized spacial score (nSPS) is 13.6. The standard InChI is InChI=1S/C17H18FN3O/c1-12-4-5-14-11-21(8-6-13(14)9-12)17(22)20-10-16-15(18)3-2-7-19-16/h2-5,7,9H,6,8,10-11H2,1H3,(H,20,22). The molecule has 3 rings (SSSR count). The molecule has 22 heavy (non-hydrogen) atoms. The molecule has 0 aliphatic carbocycles. The van der Waals surface area contributed by atoms with Gasteiger partial charge in [0.1, 0.15) is 5.82 Å². The van der Waals surface area contributed by atoms with Crippen molar-refractivity contribution in [2.24, 2.45) is 0 Å². The van der Waals surface area contributed by atoms with E-state index in [0.29, 0.717) is 13.1 Å². The molecular formula is C17H18FN3O. The van der Waals surface area contributed by atoms with Crippen LogP contribution in [-0.4, -0.2) is 22.5 Å². The maximum atomic E-state index is 13.5. The fourth-order valence-electron chi connectivity index (χ4n) is 2.67. The number of aromatic nitrogens is 1. The molecule has 1 aromatic heterocycles. The lowest BCUT2D eigenvalue weighted by atomic mass is 9.98. The molecule has 2 heterocycles. The van der Waals surface area contributed by atoms with Gasteiger partial charge in [-0.2, -0.15) is 0 Å². The van der Waals surface area contributed by atoms with Crippen molar-refractivity contribution in [1.29, 1.82) is 0 Å². The SMILES string of the molecule is Cc1ccc2c(c1)CCN(C(=O)NCc1ncccc1F)C2. The number of nitrogens with one attached hydrogen (secondary N) is 1. The third kappa shape index (κ3) is 3.08. The molecule has 4 nitrogen and oxygen atoms in total. The summed E-state index contributed by atoms with van der Waals surface area (Å²) in [4.78, 5) is 17.9. The number of aryl methyl sites for hydroxylation is 1. The van der Waals surface area contributed by atoms with Gasteiger partial charge in [-0.05, 0) is 36.6 Å². The van der Waals surface area contributed by atoms with Crippen LogP contribution in [0.25, 0.3) is 0 Å². The summed E-state index contributed by atoms with van der Waals surface area (Å²) in [5.74, 6) is -0.401. The zero-order chi connectivity index (χ0) is 15.5. The van der Waals surface area contributed by atoms with Gasteiger partial charge in [0.2, 0.25) is 0 Å². The lowest BCUT2D eigenvalue weighted by molar-refractivity contribution is 0.191. The Morgan fingerprint density at radius 3 is 3.05 bits per heavy atom. The Morgan fingerprint density at radius 1 is 1.36 bits per heavy atom. The van der Waals surface area contributed by atoms with Gasteiger partial charge in [0.05, 0.1) is 12.2 Å². The molecule has 0 saturated carbocycles. The number of pyridine rings is 1. The lowest BCUT2D eigenvalue weighted by Crippen LogP contribution is -2.42. The molecule has 0 unspecified atom stereocenters. The minimum absolute atomic E-state index is 0.1000. The van der Waals surface area contributed by atoms with Crippen LogP contribution >= 0.6 is 0 Å². The van der Waals surface area contributed by atoms with E-state index in [1.807, 2.05) is 0 Å². The highest BCUT2D eigenvalue weighted by Crippen LogP contribution is 2.20. The van der Waals surface area contributed by atoms with Gasteiger partial charge in [-0.1, -0.05) is 23.8 Å². The van der Waals surface area contributed by atoms with Crippen molar-refractivity contribution in [3.63, 3.8) is 0 Å². The molecule has 5 heteroatoms. The zero-order valence-corrected chi connectivity index (χ0v) is 12.5. The molecule has 0 atom stereocenters. The van der Waals surface area contributed by atoms with Crippen LogP contribution in [-0.2, 0) is 19.5 Å². The summed E-state index contributed by atoms with van der Waals surface area (Å²) >= 11 is 0. The minimum Gasteiger partial charge on any atom is -0.332 e. The summed E-state index contributed by atoms with van der Waals surface area (Å²) in [5.41, 5.74) is 3.97. The molecular weight excluding hydrogens is 281 g/mol. The Hall–Kier alpha value is -2.43. The molecule has 0 fully saturated rings. The van der Waals surface area contributed by atoms with E-state index in [0.717, 1.165) is 6.42 Å². The first-order chi connectivity index (χ1) is 10.6. The molecule has 114 valence electrons. The Balaban J connectivity index is 1.62. The van der Waals surface area contributed by atoms with Crippen LogP contribution in [0.4, 0.5) is 9.18 Å². The lowest BCUT2D eigenvalue weighted by Gasteiger charge is -2.29. The fraction of sp³-hybridized carbons (Fsp3) is 0.294. The molecule has 1 aliphatic rings. The molecule has 0 bridgehead atoms. The number of hydrogen-bond donors (Lipinski definition) is 1. The van der Waals surface area contributed by atoms with Crippen molar-refractivity contribution in [1.82, 2.24) is 15.2 Å². The number of amides is 2. The summed E-state index contributed by atoms with van der Waals surface area (Å²) in [6.07, 6.45) is 2.37. The molecule has 0 radical (unpaired) electrons. The van der Waals surface area contributed by atoms with Gasteiger partial charge in [0.25, 0.3) is 0 Å². The van der Waals surface area contributed by atoms with E-state index in [-0.39, 0.29) is 18.3 Å². The average Bonchev–Trinajstić information content (AvgIpc) is 2.53. The molecule has 1 N–H and O–H groups in total. The third-order valence-electron chi connectivity index (χ3n) is 3.90. The summed E-state index contributed by atoms with van der Waals surface area (Å²) in [6, 6.07) is 8.99. The average molecular weight is 299 g/mol. The zero-order valence-electron chi connectivity index (χ0n) is 12.5. The Morgan fingerprint density at radius 2 is 2.23 bits per heavy atom. The second-order valence-corrected chi connectivity index (χ2v) is 5.53. The van der Waals surface area contributed by atoms with E-state index in [2.05, 4.69) is 35.4 Å². The molecule has 2 amide bonds. The predicted molar refractivity (Wildman–Crippen MR) is 81.7 cm³/mol. The van der Waals surface area contributed by atoms with E-state index in [1.54, 1.807) is 4.90 Å². The molecule has 1 aromatic carbocycles. The van der Waals surface area contributed by atoms with Crippen molar-refractivity contribution in [2.45, 2.75) is 26.4 Å². The largest absolute Gasteiger partial charge is 0.332 e. The Bertz CT molecular complexity index is 702. The smallest absolute Gasteiger partial charge is 0.318 e. The van der Waals surface area contributed by atoms with Gasteiger partial charge in [-0.15, -0.1) is 0 Å². The van der Waals surface area contributed by atoms with Crippen LogP contribution in [0.1, 0.15) is 22.4 Å². The van der Waals surface area contributed by atoms with Crippen molar-refractivity contribution in [3.05, 3.63) is 64.7 Å². The summed E-state index contributed by atoms with van der Waals surface area (Å²) in [7, 11) is 0. The predicted octanol–water partition coefficient (Wildman–Crippen LogP) is 2.80. The number of carbonyl (C=O) groups is 1. The topological polar surface area (TPSA) is 45.2 Å². The number of urea groups is 1. The number of carbonyl (C=O) groups excluding carboxylic acids is 1. The number of hydrogen-bond acceptors (Lipinski definition) is 2. The maximum absolute atomic E-state index is 13.5. The fourth-order valence-corrected chi connectivity index (χ4v) is 2.67. The third-order valence-corrected chi connectivity index (χ3v) is 3.90. The van der Waals surface area contributed by atoms with Gasteiger partial charge < -0.3 is 10.2 Å². The van der Waals surface area contributed by atoms with Gasteiger partial charge in [-0.3, -0.25) is 4.98 Å².